The molecule has 1 N–H and O–H groups in total. The van der Waals surface area contributed by atoms with Crippen LogP contribution in [-0.2, 0) is 11.3 Å². The molecule has 0 saturated carbocycles. The highest BCUT2D eigenvalue weighted by molar-refractivity contribution is 5.68. The topological polar surface area (TPSA) is 49.8 Å². The molecule has 0 aliphatic carbocycles. The number of likely N-dealkylation sites (tertiary alicyclic amines) is 1. The van der Waals surface area contributed by atoms with Gasteiger partial charge in [-0.2, -0.15) is 13.2 Å². The summed E-state index contributed by atoms with van der Waals surface area (Å²) in [7, 11) is 0. The molecule has 1 aliphatic rings. The maximum absolute atomic E-state index is 13.0. The van der Waals surface area contributed by atoms with Crippen LogP contribution in [0.3, 0.4) is 0 Å². The zero-order valence-corrected chi connectivity index (χ0v) is 11.2. The smallest absolute Gasteiger partial charge is 0.411 e. The van der Waals surface area contributed by atoms with Crippen LogP contribution in [0, 0.1) is 0 Å². The van der Waals surface area contributed by atoms with Gasteiger partial charge in [-0.25, -0.2) is 4.79 Å². The predicted octanol–water partition coefficient (Wildman–Crippen LogP) is 2.71. The Labute approximate surface area is 120 Å². The largest absolute Gasteiger partial charge is 0.445 e. The van der Waals surface area contributed by atoms with E-state index >= 15 is 0 Å². The number of nitrogens with zero attached hydrogens (tertiary/aromatic N) is 1. The van der Waals surface area contributed by atoms with Crippen molar-refractivity contribution >= 4 is 6.09 Å². The predicted molar refractivity (Wildman–Crippen MR) is 68.4 cm³/mol. The van der Waals surface area contributed by atoms with Gasteiger partial charge in [-0.05, 0) is 18.4 Å². The molecule has 1 heterocycles. The van der Waals surface area contributed by atoms with E-state index in [1.54, 1.807) is 30.3 Å². The second-order valence-corrected chi connectivity index (χ2v) is 4.93. The van der Waals surface area contributed by atoms with Gasteiger partial charge in [-0.1, -0.05) is 30.3 Å². The summed E-state index contributed by atoms with van der Waals surface area (Å²) in [5.74, 6) is 0. The minimum atomic E-state index is -4.67. The molecule has 2 atom stereocenters. The first-order chi connectivity index (χ1) is 9.89. The lowest BCUT2D eigenvalue weighted by atomic mass is 9.99. The molecular formula is C14H16F3NO3. The number of piperidine rings is 1. The molecule has 0 radical (unpaired) electrons. The third kappa shape index (κ3) is 3.87. The number of ether oxygens (including phenoxy) is 1. The van der Waals surface area contributed by atoms with Crippen LogP contribution in [0.15, 0.2) is 30.3 Å². The average molecular weight is 303 g/mol. The van der Waals surface area contributed by atoms with Gasteiger partial charge < -0.3 is 9.84 Å². The summed E-state index contributed by atoms with van der Waals surface area (Å²) in [6.45, 7) is -0.175. The number of benzene rings is 1. The SMILES string of the molecule is O=C(OCc1ccccc1)N1CCC[C@@H](O)[C@@H]1C(F)(F)F. The summed E-state index contributed by atoms with van der Waals surface area (Å²) < 4.78 is 43.8. The van der Waals surface area contributed by atoms with Crippen molar-refractivity contribution < 1.29 is 27.8 Å². The van der Waals surface area contributed by atoms with Gasteiger partial charge in [0.05, 0.1) is 6.10 Å². The van der Waals surface area contributed by atoms with Crippen LogP contribution in [0.25, 0.3) is 0 Å². The zero-order chi connectivity index (χ0) is 15.5. The third-order valence-corrected chi connectivity index (χ3v) is 3.37. The molecule has 1 aromatic carbocycles. The molecule has 1 aliphatic heterocycles. The molecule has 116 valence electrons. The molecule has 0 aromatic heterocycles. The molecule has 0 unspecified atom stereocenters. The Kier molecular flexibility index (Phi) is 4.72. The van der Waals surface area contributed by atoms with Gasteiger partial charge in [0.15, 0.2) is 6.04 Å². The summed E-state index contributed by atoms with van der Waals surface area (Å²) >= 11 is 0. The third-order valence-electron chi connectivity index (χ3n) is 3.37. The lowest BCUT2D eigenvalue weighted by Gasteiger charge is -2.38. The fourth-order valence-electron chi connectivity index (χ4n) is 2.38. The Balaban J connectivity index is 2.02. The summed E-state index contributed by atoms with van der Waals surface area (Å²) in [6, 6.07) is 6.48. The van der Waals surface area contributed by atoms with Gasteiger partial charge in [-0.3, -0.25) is 4.90 Å². The Hall–Kier alpha value is -1.76. The van der Waals surface area contributed by atoms with Crippen LogP contribution in [0.1, 0.15) is 18.4 Å². The van der Waals surface area contributed by atoms with Crippen molar-refractivity contribution in [1.82, 2.24) is 4.90 Å². The number of aliphatic hydroxyl groups is 1. The summed E-state index contributed by atoms with van der Waals surface area (Å²) in [5, 5.41) is 9.54. The zero-order valence-electron chi connectivity index (χ0n) is 11.2. The Morgan fingerprint density at radius 3 is 2.62 bits per heavy atom. The fourth-order valence-corrected chi connectivity index (χ4v) is 2.38. The fraction of sp³-hybridized carbons (Fsp3) is 0.500. The normalized spacial score (nSPS) is 23.0. The van der Waals surface area contributed by atoms with Gasteiger partial charge in [-0.15, -0.1) is 0 Å². The molecule has 7 heteroatoms. The second kappa shape index (κ2) is 6.34. The monoisotopic (exact) mass is 303 g/mol. The van der Waals surface area contributed by atoms with Crippen molar-refractivity contribution in [3.63, 3.8) is 0 Å². The Morgan fingerprint density at radius 2 is 2.00 bits per heavy atom. The molecule has 0 spiro atoms. The van der Waals surface area contributed by atoms with E-state index in [-0.39, 0.29) is 19.6 Å². The highest BCUT2D eigenvalue weighted by Gasteiger charge is 2.51. The second-order valence-electron chi connectivity index (χ2n) is 4.93. The standard InChI is InChI=1S/C14H16F3NO3/c15-14(16,17)12-11(19)7-4-8-18(12)13(20)21-9-10-5-2-1-3-6-10/h1-3,5-6,11-12,19H,4,7-9H2/t11-,12-/m1/s1. The van der Waals surface area contributed by atoms with Crippen molar-refractivity contribution in [3.05, 3.63) is 35.9 Å². The summed E-state index contributed by atoms with van der Waals surface area (Å²) in [5.41, 5.74) is 0.687. The highest BCUT2D eigenvalue weighted by Crippen LogP contribution is 2.32. The van der Waals surface area contributed by atoms with E-state index in [4.69, 9.17) is 4.74 Å². The molecule has 1 saturated heterocycles. The minimum absolute atomic E-state index is 0.0205. The van der Waals surface area contributed by atoms with E-state index in [1.807, 2.05) is 0 Å². The van der Waals surface area contributed by atoms with Crippen LogP contribution < -0.4 is 0 Å². The number of rotatable bonds is 2. The molecule has 2 rings (SSSR count). The number of hydrogen-bond donors (Lipinski definition) is 1. The first kappa shape index (κ1) is 15.6. The lowest BCUT2D eigenvalue weighted by molar-refractivity contribution is -0.210. The Bertz CT molecular complexity index is 478. The van der Waals surface area contributed by atoms with Crippen molar-refractivity contribution in [2.45, 2.75) is 37.8 Å². The van der Waals surface area contributed by atoms with E-state index < -0.39 is 24.4 Å². The number of hydrogen-bond acceptors (Lipinski definition) is 3. The highest BCUT2D eigenvalue weighted by atomic mass is 19.4. The van der Waals surface area contributed by atoms with E-state index in [0.29, 0.717) is 16.9 Å². The molecular weight excluding hydrogens is 287 g/mol. The first-order valence-corrected chi connectivity index (χ1v) is 6.61. The summed E-state index contributed by atoms with van der Waals surface area (Å²) in [6.07, 6.45) is -7.00. The van der Waals surface area contributed by atoms with Gasteiger partial charge in [0, 0.05) is 6.54 Å². The molecule has 21 heavy (non-hydrogen) atoms. The van der Waals surface area contributed by atoms with Gasteiger partial charge in [0.25, 0.3) is 0 Å². The van der Waals surface area contributed by atoms with Crippen LogP contribution in [0.5, 0.6) is 0 Å². The summed E-state index contributed by atoms with van der Waals surface area (Å²) in [4.78, 5) is 12.4. The molecule has 1 fully saturated rings. The molecule has 0 bridgehead atoms. The van der Waals surface area contributed by atoms with Crippen molar-refractivity contribution in [3.8, 4) is 0 Å². The van der Waals surface area contributed by atoms with Crippen LogP contribution in [-0.4, -0.2) is 41.0 Å². The van der Waals surface area contributed by atoms with E-state index in [1.165, 1.54) is 0 Å². The Morgan fingerprint density at radius 1 is 1.33 bits per heavy atom. The van der Waals surface area contributed by atoms with Crippen molar-refractivity contribution in [2.24, 2.45) is 0 Å². The number of carbonyl (C=O) groups is 1. The van der Waals surface area contributed by atoms with E-state index in [9.17, 15) is 23.1 Å². The van der Waals surface area contributed by atoms with Crippen molar-refractivity contribution in [2.75, 3.05) is 6.54 Å². The maximum atomic E-state index is 13.0. The molecule has 1 aromatic rings. The average Bonchev–Trinajstić information content (AvgIpc) is 2.44. The molecule has 4 nitrogen and oxygen atoms in total. The number of aliphatic hydroxyl groups excluding tert-OH is 1. The van der Waals surface area contributed by atoms with Crippen molar-refractivity contribution in [1.29, 1.82) is 0 Å². The maximum Gasteiger partial charge on any atom is 0.411 e. The lowest BCUT2D eigenvalue weighted by Crippen LogP contribution is -2.58. The van der Waals surface area contributed by atoms with Crippen LogP contribution in [0.2, 0.25) is 0 Å². The minimum Gasteiger partial charge on any atom is -0.445 e. The first-order valence-electron chi connectivity index (χ1n) is 6.61. The number of amides is 1. The van der Waals surface area contributed by atoms with Crippen LogP contribution >= 0.6 is 0 Å². The number of halogens is 3. The van der Waals surface area contributed by atoms with Crippen LogP contribution in [0.4, 0.5) is 18.0 Å². The quantitative estimate of drug-likeness (QED) is 0.914. The van der Waals surface area contributed by atoms with E-state index in [2.05, 4.69) is 0 Å². The van der Waals surface area contributed by atoms with Gasteiger partial charge >= 0.3 is 12.3 Å². The number of carbonyl (C=O) groups excluding carboxylic acids is 1. The van der Waals surface area contributed by atoms with E-state index in [0.717, 1.165) is 0 Å². The molecule has 1 amide bonds. The van der Waals surface area contributed by atoms with Gasteiger partial charge in [0.2, 0.25) is 0 Å². The number of alkyl halides is 3. The van der Waals surface area contributed by atoms with Gasteiger partial charge in [0.1, 0.15) is 6.61 Å².